The van der Waals surface area contributed by atoms with Gasteiger partial charge in [-0.05, 0) is 6.04 Å². The van der Waals surface area contributed by atoms with Crippen LogP contribution in [0.25, 0.3) is 0 Å². The van der Waals surface area contributed by atoms with Crippen molar-refractivity contribution in [3.05, 3.63) is 0 Å². The molecule has 1 saturated heterocycles. The molecular weight excluding hydrogens is 148 g/mol. The van der Waals surface area contributed by atoms with Crippen molar-refractivity contribution in [2.24, 2.45) is 0 Å². The van der Waals surface area contributed by atoms with Gasteiger partial charge in [0.15, 0.2) is 0 Å². The number of hydrogen-bond donors (Lipinski definition) is 1. The molecule has 4 heteroatoms. The van der Waals surface area contributed by atoms with Gasteiger partial charge in [0, 0.05) is 0 Å². The molecule has 2 unspecified atom stereocenters. The van der Waals surface area contributed by atoms with Crippen LogP contribution in [-0.2, 0) is 9.16 Å². The molecule has 0 aromatic rings. The van der Waals surface area contributed by atoms with Crippen molar-refractivity contribution in [3.8, 4) is 0 Å². The highest BCUT2D eigenvalue weighted by Crippen LogP contribution is 2.09. The first-order valence-electron chi connectivity index (χ1n) is 3.74. The van der Waals surface area contributed by atoms with E-state index in [1.165, 1.54) is 0 Å². The van der Waals surface area contributed by atoms with Gasteiger partial charge >= 0.3 is 9.28 Å². The SMILES string of the molecule is CCC[SiH](O)OCC1CO1. The molecule has 0 aromatic carbocycles. The topological polar surface area (TPSA) is 42.0 Å². The zero-order valence-corrected chi connectivity index (χ0v) is 7.40. The minimum absolute atomic E-state index is 0.291. The van der Waals surface area contributed by atoms with E-state index < -0.39 is 9.28 Å². The number of rotatable bonds is 5. The van der Waals surface area contributed by atoms with E-state index in [1.807, 2.05) is 6.92 Å². The van der Waals surface area contributed by atoms with Crippen LogP contribution >= 0.6 is 0 Å². The number of ether oxygens (including phenoxy) is 1. The van der Waals surface area contributed by atoms with Gasteiger partial charge in [-0.3, -0.25) is 0 Å². The van der Waals surface area contributed by atoms with Crippen LogP contribution in [0.2, 0.25) is 6.04 Å². The first kappa shape index (κ1) is 8.20. The van der Waals surface area contributed by atoms with Crippen LogP contribution < -0.4 is 0 Å². The largest absolute Gasteiger partial charge is 0.413 e. The van der Waals surface area contributed by atoms with Crippen molar-refractivity contribution in [2.75, 3.05) is 13.2 Å². The lowest BCUT2D eigenvalue weighted by Gasteiger charge is -2.05. The van der Waals surface area contributed by atoms with E-state index in [2.05, 4.69) is 0 Å². The van der Waals surface area contributed by atoms with Gasteiger partial charge in [0.2, 0.25) is 0 Å². The molecule has 0 spiro atoms. The van der Waals surface area contributed by atoms with Crippen LogP contribution in [0, 0.1) is 0 Å². The van der Waals surface area contributed by atoms with Gasteiger partial charge in [0.05, 0.1) is 13.2 Å². The minimum atomic E-state index is -1.80. The minimum Gasteiger partial charge on any atom is -0.413 e. The molecule has 1 rings (SSSR count). The predicted molar refractivity (Wildman–Crippen MR) is 40.2 cm³/mol. The molecule has 0 aliphatic carbocycles. The fourth-order valence-electron chi connectivity index (χ4n) is 0.713. The monoisotopic (exact) mass is 162 g/mol. The lowest BCUT2D eigenvalue weighted by atomic mass is 10.5. The molecule has 0 aromatic heterocycles. The second kappa shape index (κ2) is 4.08. The Morgan fingerprint density at radius 3 is 3.00 bits per heavy atom. The van der Waals surface area contributed by atoms with Crippen molar-refractivity contribution < 1.29 is 14.0 Å². The summed E-state index contributed by atoms with van der Waals surface area (Å²) in [5, 5.41) is 0. The third-order valence-electron chi connectivity index (χ3n) is 1.41. The van der Waals surface area contributed by atoms with Crippen molar-refractivity contribution >= 4 is 9.28 Å². The zero-order valence-electron chi connectivity index (χ0n) is 6.25. The van der Waals surface area contributed by atoms with Gasteiger partial charge in [-0.25, -0.2) is 0 Å². The van der Waals surface area contributed by atoms with E-state index in [4.69, 9.17) is 9.16 Å². The van der Waals surface area contributed by atoms with Crippen LogP contribution in [0.5, 0.6) is 0 Å². The molecule has 0 amide bonds. The average Bonchev–Trinajstić information content (AvgIpc) is 2.67. The normalized spacial score (nSPS) is 26.4. The van der Waals surface area contributed by atoms with E-state index >= 15 is 0 Å². The summed E-state index contributed by atoms with van der Waals surface area (Å²) < 4.78 is 10.1. The highest BCUT2D eigenvalue weighted by molar-refractivity contribution is 6.42. The molecule has 2 atom stereocenters. The second-order valence-electron chi connectivity index (χ2n) is 2.53. The summed E-state index contributed by atoms with van der Waals surface area (Å²) in [6.07, 6.45) is 1.30. The summed E-state index contributed by atoms with van der Waals surface area (Å²) in [5.41, 5.74) is 0. The Morgan fingerprint density at radius 1 is 1.80 bits per heavy atom. The lowest BCUT2D eigenvalue weighted by Crippen LogP contribution is -2.19. The maximum Gasteiger partial charge on any atom is 0.318 e. The smallest absolute Gasteiger partial charge is 0.318 e. The summed E-state index contributed by atoms with van der Waals surface area (Å²) >= 11 is 0. The maximum absolute atomic E-state index is 9.19. The van der Waals surface area contributed by atoms with Gasteiger partial charge in [-0.1, -0.05) is 13.3 Å². The Morgan fingerprint density at radius 2 is 2.50 bits per heavy atom. The first-order chi connectivity index (χ1) is 4.83. The Hall–Kier alpha value is 0.0969. The average molecular weight is 162 g/mol. The Balaban J connectivity index is 1.89. The Labute approximate surface area is 62.8 Å². The summed E-state index contributed by atoms with van der Waals surface area (Å²) in [6.45, 7) is 3.47. The van der Waals surface area contributed by atoms with Crippen LogP contribution in [-0.4, -0.2) is 33.4 Å². The quantitative estimate of drug-likeness (QED) is 0.458. The van der Waals surface area contributed by atoms with Crippen molar-refractivity contribution in [2.45, 2.75) is 25.5 Å². The third kappa shape index (κ3) is 3.31. The zero-order chi connectivity index (χ0) is 7.40. The summed E-state index contributed by atoms with van der Waals surface area (Å²) in [7, 11) is -1.80. The molecule has 0 saturated carbocycles. The predicted octanol–water partition coefficient (Wildman–Crippen LogP) is 0.0246. The molecule has 1 aliphatic heterocycles. The molecule has 10 heavy (non-hydrogen) atoms. The molecule has 1 heterocycles. The van der Waals surface area contributed by atoms with Gasteiger partial charge in [-0.15, -0.1) is 0 Å². The molecule has 0 radical (unpaired) electrons. The van der Waals surface area contributed by atoms with Crippen molar-refractivity contribution in [1.29, 1.82) is 0 Å². The van der Waals surface area contributed by atoms with Crippen LogP contribution in [0.3, 0.4) is 0 Å². The highest BCUT2D eigenvalue weighted by atomic mass is 28.3. The van der Waals surface area contributed by atoms with E-state index in [9.17, 15) is 4.80 Å². The van der Waals surface area contributed by atoms with Crippen molar-refractivity contribution in [3.63, 3.8) is 0 Å². The van der Waals surface area contributed by atoms with Gasteiger partial charge in [0.25, 0.3) is 0 Å². The van der Waals surface area contributed by atoms with E-state index in [-0.39, 0.29) is 0 Å². The van der Waals surface area contributed by atoms with Crippen LogP contribution in [0.4, 0.5) is 0 Å². The fourth-order valence-corrected chi connectivity index (χ4v) is 1.81. The standard InChI is InChI=1S/C6H14O3Si/c1-2-3-10(7)9-5-6-4-8-6/h6-7,10H,2-5H2,1H3. The molecule has 0 bridgehead atoms. The summed E-state index contributed by atoms with van der Waals surface area (Å²) in [5.74, 6) is 0. The van der Waals surface area contributed by atoms with Gasteiger partial charge in [0.1, 0.15) is 6.10 Å². The fraction of sp³-hybridized carbons (Fsp3) is 1.00. The number of epoxide rings is 1. The van der Waals surface area contributed by atoms with Crippen LogP contribution in [0.1, 0.15) is 13.3 Å². The van der Waals surface area contributed by atoms with E-state index in [0.717, 1.165) is 19.1 Å². The third-order valence-corrected chi connectivity index (χ3v) is 3.06. The molecule has 1 fully saturated rings. The lowest BCUT2D eigenvalue weighted by molar-refractivity contribution is 0.224. The van der Waals surface area contributed by atoms with E-state index in [1.54, 1.807) is 0 Å². The molecular formula is C6H14O3Si. The second-order valence-corrected chi connectivity index (χ2v) is 4.35. The molecule has 60 valence electrons. The number of hydrogen-bond acceptors (Lipinski definition) is 3. The molecule has 1 aliphatic rings. The molecule has 3 nitrogen and oxygen atoms in total. The maximum atomic E-state index is 9.19. The highest BCUT2D eigenvalue weighted by Gasteiger charge is 2.23. The summed E-state index contributed by atoms with van der Waals surface area (Å²) in [4.78, 5) is 9.19. The Kier molecular flexibility index (Phi) is 3.34. The first-order valence-corrected chi connectivity index (χ1v) is 5.54. The molecule has 1 N–H and O–H groups in total. The Bertz CT molecular complexity index is 95.0. The van der Waals surface area contributed by atoms with Gasteiger partial charge < -0.3 is 14.0 Å². The van der Waals surface area contributed by atoms with Crippen molar-refractivity contribution in [1.82, 2.24) is 0 Å². The van der Waals surface area contributed by atoms with Gasteiger partial charge in [-0.2, -0.15) is 0 Å². The summed E-state index contributed by atoms with van der Waals surface area (Å²) in [6, 6.07) is 0.854. The van der Waals surface area contributed by atoms with Crippen LogP contribution in [0.15, 0.2) is 0 Å². The van der Waals surface area contributed by atoms with E-state index in [0.29, 0.717) is 12.7 Å².